The molecule has 0 heterocycles. The number of hydrogen-bond acceptors (Lipinski definition) is 3. The maximum absolute atomic E-state index is 12.9. The van der Waals surface area contributed by atoms with E-state index in [2.05, 4.69) is 0 Å². The summed E-state index contributed by atoms with van der Waals surface area (Å²) in [5, 5.41) is 4.70. The van der Waals surface area contributed by atoms with E-state index in [0.717, 1.165) is 12.1 Å². The monoisotopic (exact) mass is 237 g/mol. The van der Waals surface area contributed by atoms with E-state index in [0.29, 0.717) is 6.07 Å². The Labute approximate surface area is 85.7 Å². The summed E-state index contributed by atoms with van der Waals surface area (Å²) in [6, 6.07) is 2.73. The molecule has 0 aliphatic heterocycles. The SMILES string of the molecule is NS(=O)(=O)CCOc1ccc(F)cc1F. The van der Waals surface area contributed by atoms with Gasteiger partial charge in [0.05, 0.1) is 5.75 Å². The number of sulfonamides is 1. The molecule has 2 N–H and O–H groups in total. The van der Waals surface area contributed by atoms with Crippen molar-refractivity contribution in [3.8, 4) is 5.75 Å². The van der Waals surface area contributed by atoms with Gasteiger partial charge < -0.3 is 4.74 Å². The van der Waals surface area contributed by atoms with Crippen molar-refractivity contribution < 1.29 is 21.9 Å². The Morgan fingerprint density at radius 3 is 2.53 bits per heavy atom. The molecular weight excluding hydrogens is 228 g/mol. The zero-order valence-corrected chi connectivity index (χ0v) is 8.43. The minimum absolute atomic E-state index is 0.208. The van der Waals surface area contributed by atoms with Crippen LogP contribution in [0.2, 0.25) is 0 Å². The standard InChI is InChI=1S/C8H9F2NO3S/c9-6-1-2-8(7(10)5-6)14-3-4-15(11,12)13/h1-2,5H,3-4H2,(H2,11,12,13). The van der Waals surface area contributed by atoms with Gasteiger partial charge in [-0.2, -0.15) is 0 Å². The van der Waals surface area contributed by atoms with Crippen molar-refractivity contribution in [3.05, 3.63) is 29.8 Å². The van der Waals surface area contributed by atoms with Crippen LogP contribution in [-0.2, 0) is 10.0 Å². The highest BCUT2D eigenvalue weighted by Gasteiger charge is 2.07. The lowest BCUT2D eigenvalue weighted by molar-refractivity contribution is 0.321. The normalized spacial score (nSPS) is 11.4. The molecule has 0 bridgehead atoms. The first-order valence-electron chi connectivity index (χ1n) is 3.97. The maximum atomic E-state index is 12.9. The minimum Gasteiger partial charge on any atom is -0.489 e. The molecule has 0 saturated carbocycles. The number of rotatable bonds is 4. The van der Waals surface area contributed by atoms with Crippen LogP contribution in [0, 0.1) is 11.6 Å². The highest BCUT2D eigenvalue weighted by molar-refractivity contribution is 7.89. The van der Waals surface area contributed by atoms with Gasteiger partial charge in [0.25, 0.3) is 0 Å². The first-order chi connectivity index (χ1) is 6.88. The molecule has 84 valence electrons. The fraction of sp³-hybridized carbons (Fsp3) is 0.250. The van der Waals surface area contributed by atoms with Crippen LogP contribution in [0.1, 0.15) is 0 Å². The van der Waals surface area contributed by atoms with Gasteiger partial charge in [-0.05, 0) is 12.1 Å². The summed E-state index contributed by atoms with van der Waals surface area (Å²) in [5.41, 5.74) is 0. The summed E-state index contributed by atoms with van der Waals surface area (Å²) in [6.45, 7) is -0.276. The molecule has 7 heteroatoms. The van der Waals surface area contributed by atoms with E-state index < -0.39 is 27.4 Å². The number of hydrogen-bond donors (Lipinski definition) is 1. The smallest absolute Gasteiger partial charge is 0.212 e. The molecule has 0 radical (unpaired) electrons. The van der Waals surface area contributed by atoms with Gasteiger partial charge >= 0.3 is 0 Å². The van der Waals surface area contributed by atoms with E-state index >= 15 is 0 Å². The van der Waals surface area contributed by atoms with E-state index in [4.69, 9.17) is 9.88 Å². The van der Waals surface area contributed by atoms with E-state index in [9.17, 15) is 17.2 Å². The van der Waals surface area contributed by atoms with Crippen LogP contribution in [0.3, 0.4) is 0 Å². The second-order valence-electron chi connectivity index (χ2n) is 2.79. The first kappa shape index (κ1) is 11.9. The molecule has 0 unspecified atom stereocenters. The second kappa shape index (κ2) is 4.54. The molecule has 0 aliphatic rings. The van der Waals surface area contributed by atoms with Crippen LogP contribution in [0.4, 0.5) is 8.78 Å². The zero-order valence-electron chi connectivity index (χ0n) is 7.61. The van der Waals surface area contributed by atoms with Gasteiger partial charge in [-0.25, -0.2) is 22.3 Å². The van der Waals surface area contributed by atoms with Crippen LogP contribution in [-0.4, -0.2) is 20.8 Å². The molecule has 0 aliphatic carbocycles. The Balaban J connectivity index is 2.59. The molecule has 1 aromatic rings. The van der Waals surface area contributed by atoms with Gasteiger partial charge in [-0.15, -0.1) is 0 Å². The highest BCUT2D eigenvalue weighted by Crippen LogP contribution is 2.17. The number of benzene rings is 1. The molecule has 0 spiro atoms. The van der Waals surface area contributed by atoms with Gasteiger partial charge in [0.2, 0.25) is 10.0 Å². The fourth-order valence-corrected chi connectivity index (χ4v) is 1.18. The van der Waals surface area contributed by atoms with Gasteiger partial charge in [-0.1, -0.05) is 0 Å². The average molecular weight is 237 g/mol. The Morgan fingerprint density at radius 1 is 1.33 bits per heavy atom. The summed E-state index contributed by atoms with van der Waals surface area (Å²) >= 11 is 0. The first-order valence-corrected chi connectivity index (χ1v) is 5.68. The Kier molecular flexibility index (Phi) is 3.59. The predicted molar refractivity (Wildman–Crippen MR) is 49.8 cm³/mol. The van der Waals surface area contributed by atoms with Crippen LogP contribution in [0.5, 0.6) is 5.75 Å². The maximum Gasteiger partial charge on any atom is 0.212 e. The van der Waals surface area contributed by atoms with Crippen molar-refractivity contribution >= 4 is 10.0 Å². The van der Waals surface area contributed by atoms with Crippen LogP contribution in [0.25, 0.3) is 0 Å². The Bertz CT molecular complexity index is 447. The summed E-state index contributed by atoms with van der Waals surface area (Å²) in [4.78, 5) is 0. The van der Waals surface area contributed by atoms with E-state index in [1.807, 2.05) is 0 Å². The van der Waals surface area contributed by atoms with Crippen molar-refractivity contribution in [2.45, 2.75) is 0 Å². The van der Waals surface area contributed by atoms with Crippen molar-refractivity contribution in [1.82, 2.24) is 0 Å². The van der Waals surface area contributed by atoms with Crippen molar-refractivity contribution in [1.29, 1.82) is 0 Å². The van der Waals surface area contributed by atoms with Crippen molar-refractivity contribution in [2.75, 3.05) is 12.4 Å². The van der Waals surface area contributed by atoms with Crippen molar-refractivity contribution in [2.24, 2.45) is 5.14 Å². The molecule has 0 fully saturated rings. The Morgan fingerprint density at radius 2 is 2.00 bits per heavy atom. The average Bonchev–Trinajstić information content (AvgIpc) is 2.07. The molecule has 4 nitrogen and oxygen atoms in total. The van der Waals surface area contributed by atoms with E-state index in [1.165, 1.54) is 0 Å². The molecule has 1 rings (SSSR count). The number of ether oxygens (including phenoxy) is 1. The molecular formula is C8H9F2NO3S. The van der Waals surface area contributed by atoms with E-state index in [1.54, 1.807) is 0 Å². The minimum atomic E-state index is -3.64. The number of nitrogens with two attached hydrogens (primary N) is 1. The third-order valence-electron chi connectivity index (χ3n) is 1.52. The van der Waals surface area contributed by atoms with Gasteiger partial charge in [0.1, 0.15) is 12.4 Å². The number of primary sulfonamides is 1. The lowest BCUT2D eigenvalue weighted by atomic mass is 10.3. The largest absolute Gasteiger partial charge is 0.489 e. The molecule has 1 aromatic carbocycles. The predicted octanol–water partition coefficient (Wildman–Crippen LogP) is 0.632. The third-order valence-corrected chi connectivity index (χ3v) is 2.26. The summed E-state index contributed by atoms with van der Waals surface area (Å²) < 4.78 is 51.1. The quantitative estimate of drug-likeness (QED) is 0.835. The Hall–Kier alpha value is -1.21. The van der Waals surface area contributed by atoms with Crippen molar-refractivity contribution in [3.63, 3.8) is 0 Å². The van der Waals surface area contributed by atoms with Crippen LogP contribution in [0.15, 0.2) is 18.2 Å². The second-order valence-corrected chi connectivity index (χ2v) is 4.52. The van der Waals surface area contributed by atoms with Gasteiger partial charge in [0, 0.05) is 6.07 Å². The number of halogens is 2. The molecule has 0 atom stereocenters. The summed E-state index contributed by atoms with van der Waals surface area (Å²) in [7, 11) is -3.64. The third kappa shape index (κ3) is 4.22. The molecule has 15 heavy (non-hydrogen) atoms. The van der Waals surface area contributed by atoms with E-state index in [-0.39, 0.29) is 12.4 Å². The lowest BCUT2D eigenvalue weighted by Crippen LogP contribution is -2.21. The van der Waals surface area contributed by atoms with Crippen LogP contribution < -0.4 is 9.88 Å². The summed E-state index contributed by atoms with van der Waals surface area (Å²) in [5.74, 6) is -2.25. The van der Waals surface area contributed by atoms with Gasteiger partial charge in [0.15, 0.2) is 11.6 Å². The lowest BCUT2D eigenvalue weighted by Gasteiger charge is -2.05. The van der Waals surface area contributed by atoms with Crippen LogP contribution >= 0.6 is 0 Å². The molecule has 0 amide bonds. The molecule has 0 saturated heterocycles. The zero-order chi connectivity index (χ0) is 11.5. The summed E-state index contributed by atoms with van der Waals surface area (Å²) in [6.07, 6.45) is 0. The highest BCUT2D eigenvalue weighted by atomic mass is 32.2. The molecule has 0 aromatic heterocycles. The van der Waals surface area contributed by atoms with Gasteiger partial charge in [-0.3, -0.25) is 0 Å². The fourth-order valence-electron chi connectivity index (χ4n) is 0.860. The topological polar surface area (TPSA) is 69.4 Å².